The number of ether oxygens (including phenoxy) is 2. The number of aliphatic imine (C=N–C) groups is 1. The van der Waals surface area contributed by atoms with Crippen LogP contribution in [-0.4, -0.2) is 86.4 Å². The standard InChI is InChI=1S/C20H35N5O4S.HI/c1-16(2)28-12-13-30(26,27)25-10-8-24(9-11-25)20(21-5)23-15-18-6-7-19(22-14-18)29-17(3)4;/h6-7,14,16-17H,8-13,15H2,1-5H3,(H,21,23);1H. The lowest BCUT2D eigenvalue weighted by molar-refractivity contribution is 0.0904. The molecule has 2 rings (SSSR count). The van der Waals surface area contributed by atoms with Crippen LogP contribution in [0.4, 0.5) is 0 Å². The number of nitrogens with one attached hydrogen (secondary N) is 1. The Morgan fingerprint density at radius 2 is 1.84 bits per heavy atom. The van der Waals surface area contributed by atoms with Crippen LogP contribution in [-0.2, 0) is 21.3 Å². The fraction of sp³-hybridized carbons (Fsp3) is 0.700. The summed E-state index contributed by atoms with van der Waals surface area (Å²) in [6.07, 6.45) is 1.90. The largest absolute Gasteiger partial charge is 0.475 e. The van der Waals surface area contributed by atoms with Gasteiger partial charge in [-0.2, -0.15) is 4.31 Å². The molecule has 31 heavy (non-hydrogen) atoms. The van der Waals surface area contributed by atoms with Crippen LogP contribution in [0.3, 0.4) is 0 Å². The molecule has 1 aliphatic rings. The van der Waals surface area contributed by atoms with Crippen LogP contribution in [0.2, 0.25) is 0 Å². The Morgan fingerprint density at radius 3 is 2.35 bits per heavy atom. The normalized spacial score (nSPS) is 15.8. The van der Waals surface area contributed by atoms with E-state index < -0.39 is 10.0 Å². The van der Waals surface area contributed by atoms with Crippen molar-refractivity contribution in [1.29, 1.82) is 0 Å². The van der Waals surface area contributed by atoms with Crippen molar-refractivity contribution in [2.24, 2.45) is 4.99 Å². The first kappa shape index (κ1) is 27.9. The Bertz CT molecular complexity index is 779. The second kappa shape index (κ2) is 13.4. The van der Waals surface area contributed by atoms with Gasteiger partial charge in [0.05, 0.1) is 24.6 Å². The van der Waals surface area contributed by atoms with Crippen LogP contribution in [0.15, 0.2) is 23.3 Å². The predicted molar refractivity (Wildman–Crippen MR) is 134 cm³/mol. The maximum Gasteiger partial charge on any atom is 0.216 e. The van der Waals surface area contributed by atoms with Crippen molar-refractivity contribution in [3.63, 3.8) is 0 Å². The molecule has 1 aromatic heterocycles. The molecule has 0 atom stereocenters. The number of sulfonamides is 1. The second-order valence-electron chi connectivity index (χ2n) is 7.69. The highest BCUT2D eigenvalue weighted by Gasteiger charge is 2.28. The molecule has 0 spiro atoms. The lowest BCUT2D eigenvalue weighted by Crippen LogP contribution is -2.54. The molecule has 2 heterocycles. The highest BCUT2D eigenvalue weighted by Crippen LogP contribution is 2.11. The third kappa shape index (κ3) is 9.46. The van der Waals surface area contributed by atoms with Gasteiger partial charge >= 0.3 is 0 Å². The average molecular weight is 570 g/mol. The van der Waals surface area contributed by atoms with Crippen molar-refractivity contribution >= 4 is 40.0 Å². The number of hydrogen-bond donors (Lipinski definition) is 1. The average Bonchev–Trinajstić information content (AvgIpc) is 2.69. The number of pyridine rings is 1. The smallest absolute Gasteiger partial charge is 0.216 e. The highest BCUT2D eigenvalue weighted by molar-refractivity contribution is 14.0. The molecule has 0 amide bonds. The van der Waals surface area contributed by atoms with Crippen LogP contribution < -0.4 is 10.1 Å². The van der Waals surface area contributed by atoms with Gasteiger partial charge in [-0.1, -0.05) is 6.07 Å². The Balaban J connectivity index is 0.00000480. The molecular weight excluding hydrogens is 533 g/mol. The van der Waals surface area contributed by atoms with E-state index in [0.29, 0.717) is 38.6 Å². The van der Waals surface area contributed by atoms with Crippen molar-refractivity contribution in [2.45, 2.75) is 46.4 Å². The summed E-state index contributed by atoms with van der Waals surface area (Å²) in [6.45, 7) is 10.6. The minimum absolute atomic E-state index is 0. The molecule has 0 bridgehead atoms. The molecular formula is C20H36IN5O4S. The Morgan fingerprint density at radius 1 is 1.16 bits per heavy atom. The van der Waals surface area contributed by atoms with Crippen molar-refractivity contribution in [3.8, 4) is 5.88 Å². The predicted octanol–water partition coefficient (Wildman–Crippen LogP) is 1.93. The van der Waals surface area contributed by atoms with Gasteiger partial charge in [0, 0.05) is 52.0 Å². The van der Waals surface area contributed by atoms with Crippen LogP contribution in [0, 0.1) is 0 Å². The molecule has 1 saturated heterocycles. The zero-order chi connectivity index (χ0) is 22.1. The number of halogens is 1. The Kier molecular flexibility index (Phi) is 12.0. The summed E-state index contributed by atoms with van der Waals surface area (Å²) in [5, 5.41) is 3.32. The van der Waals surface area contributed by atoms with E-state index in [1.54, 1.807) is 13.2 Å². The van der Waals surface area contributed by atoms with E-state index >= 15 is 0 Å². The zero-order valence-electron chi connectivity index (χ0n) is 19.1. The number of rotatable bonds is 9. The molecule has 0 aliphatic carbocycles. The molecule has 1 fully saturated rings. The molecule has 1 aromatic rings. The summed E-state index contributed by atoms with van der Waals surface area (Å²) < 4.78 is 37.5. The lowest BCUT2D eigenvalue weighted by Gasteiger charge is -2.35. The van der Waals surface area contributed by atoms with Crippen LogP contribution >= 0.6 is 24.0 Å². The molecule has 1 aliphatic heterocycles. The Labute approximate surface area is 203 Å². The Hall–Kier alpha value is -1.18. The fourth-order valence-corrected chi connectivity index (χ4v) is 4.32. The quantitative estimate of drug-likeness (QED) is 0.276. The van der Waals surface area contributed by atoms with Crippen molar-refractivity contribution < 1.29 is 17.9 Å². The number of piperazine rings is 1. The van der Waals surface area contributed by atoms with Crippen LogP contribution in [0.25, 0.3) is 0 Å². The SMILES string of the molecule is CN=C(NCc1ccc(OC(C)C)nc1)N1CCN(S(=O)(=O)CCOC(C)C)CC1.I. The van der Waals surface area contributed by atoms with Crippen LogP contribution in [0.5, 0.6) is 5.88 Å². The molecule has 11 heteroatoms. The van der Waals surface area contributed by atoms with E-state index in [1.165, 1.54) is 4.31 Å². The van der Waals surface area contributed by atoms with Crippen molar-refractivity contribution in [1.82, 2.24) is 19.5 Å². The van der Waals surface area contributed by atoms with E-state index in [-0.39, 0.29) is 48.5 Å². The number of hydrogen-bond acceptors (Lipinski definition) is 6. The monoisotopic (exact) mass is 569 g/mol. The summed E-state index contributed by atoms with van der Waals surface area (Å²) in [7, 11) is -1.57. The summed E-state index contributed by atoms with van der Waals surface area (Å²) in [4.78, 5) is 10.7. The van der Waals surface area contributed by atoms with Gasteiger partial charge in [0.25, 0.3) is 0 Å². The number of guanidine groups is 1. The van der Waals surface area contributed by atoms with Crippen molar-refractivity contribution in [2.75, 3.05) is 45.6 Å². The lowest BCUT2D eigenvalue weighted by atomic mass is 10.3. The van der Waals surface area contributed by atoms with Gasteiger partial charge in [-0.3, -0.25) is 4.99 Å². The van der Waals surface area contributed by atoms with E-state index in [2.05, 4.69) is 20.2 Å². The number of aromatic nitrogens is 1. The van der Waals surface area contributed by atoms with E-state index in [4.69, 9.17) is 9.47 Å². The van der Waals surface area contributed by atoms with Gasteiger partial charge in [-0.25, -0.2) is 13.4 Å². The molecule has 0 saturated carbocycles. The first-order valence-electron chi connectivity index (χ1n) is 10.4. The van der Waals surface area contributed by atoms with Crippen LogP contribution in [0.1, 0.15) is 33.3 Å². The van der Waals surface area contributed by atoms with E-state index in [1.807, 2.05) is 39.8 Å². The number of nitrogens with zero attached hydrogens (tertiary/aromatic N) is 4. The molecule has 9 nitrogen and oxygen atoms in total. The fourth-order valence-electron chi connectivity index (χ4n) is 3.04. The molecule has 0 aromatic carbocycles. The first-order chi connectivity index (χ1) is 14.2. The highest BCUT2D eigenvalue weighted by atomic mass is 127. The summed E-state index contributed by atoms with van der Waals surface area (Å²) >= 11 is 0. The second-order valence-corrected chi connectivity index (χ2v) is 9.78. The van der Waals surface area contributed by atoms with Gasteiger partial charge in [-0.05, 0) is 33.3 Å². The molecule has 0 radical (unpaired) electrons. The van der Waals surface area contributed by atoms with Crippen molar-refractivity contribution in [3.05, 3.63) is 23.9 Å². The van der Waals surface area contributed by atoms with Gasteiger partial charge < -0.3 is 19.7 Å². The van der Waals surface area contributed by atoms with Gasteiger partial charge in [0.15, 0.2) is 5.96 Å². The third-order valence-electron chi connectivity index (χ3n) is 4.54. The van der Waals surface area contributed by atoms with E-state index in [9.17, 15) is 8.42 Å². The maximum absolute atomic E-state index is 12.5. The molecule has 0 unspecified atom stereocenters. The van der Waals surface area contributed by atoms with E-state index in [0.717, 1.165) is 11.5 Å². The molecule has 178 valence electrons. The summed E-state index contributed by atoms with van der Waals surface area (Å²) in [5.41, 5.74) is 1.01. The first-order valence-corrected chi connectivity index (χ1v) is 12.0. The third-order valence-corrected chi connectivity index (χ3v) is 6.38. The van der Waals surface area contributed by atoms with Gasteiger partial charge in [0.1, 0.15) is 0 Å². The topological polar surface area (TPSA) is 96.4 Å². The minimum Gasteiger partial charge on any atom is -0.475 e. The maximum atomic E-state index is 12.5. The molecule has 1 N–H and O–H groups in total. The van der Waals surface area contributed by atoms with Gasteiger partial charge in [-0.15, -0.1) is 24.0 Å². The van der Waals surface area contributed by atoms with Gasteiger partial charge in [0.2, 0.25) is 15.9 Å². The zero-order valence-corrected chi connectivity index (χ0v) is 22.2. The minimum atomic E-state index is -3.30. The summed E-state index contributed by atoms with van der Waals surface area (Å²) in [6, 6.07) is 3.82. The summed E-state index contributed by atoms with van der Waals surface area (Å²) in [5.74, 6) is 1.37.